The number of rotatable bonds is 10. The molecule has 38 heavy (non-hydrogen) atoms. The lowest BCUT2D eigenvalue weighted by atomic mass is 10.1. The maximum atomic E-state index is 13.2. The van der Waals surface area contributed by atoms with Crippen molar-refractivity contribution in [3.05, 3.63) is 85.5 Å². The summed E-state index contributed by atoms with van der Waals surface area (Å²) in [7, 11) is 1.47. The molecule has 0 saturated carbocycles. The Bertz CT molecular complexity index is 1530. The number of benzene rings is 2. The molecular formula is C25H24ClF3N4O5. The first kappa shape index (κ1) is 27.3. The van der Waals surface area contributed by atoms with Crippen molar-refractivity contribution >= 4 is 22.8 Å². The monoisotopic (exact) mass is 552 g/mol. The van der Waals surface area contributed by atoms with Gasteiger partial charge in [0.2, 0.25) is 0 Å². The summed E-state index contributed by atoms with van der Waals surface area (Å²) in [5, 5.41) is 9.88. The van der Waals surface area contributed by atoms with Gasteiger partial charge in [-0.25, -0.2) is 4.79 Å². The second kappa shape index (κ2) is 11.3. The molecule has 0 amide bonds. The highest BCUT2D eigenvalue weighted by molar-refractivity contribution is 6.30. The van der Waals surface area contributed by atoms with Crippen LogP contribution in [-0.4, -0.2) is 49.8 Å². The van der Waals surface area contributed by atoms with Crippen molar-refractivity contribution in [3.63, 3.8) is 0 Å². The lowest BCUT2D eigenvalue weighted by Gasteiger charge is -2.12. The fraction of sp³-hybridized carbons (Fsp3) is 0.320. The molecule has 0 radical (unpaired) electrons. The van der Waals surface area contributed by atoms with Crippen molar-refractivity contribution in [1.29, 1.82) is 0 Å². The van der Waals surface area contributed by atoms with Gasteiger partial charge in [0.05, 0.1) is 26.1 Å². The van der Waals surface area contributed by atoms with Crippen molar-refractivity contribution in [2.45, 2.75) is 25.7 Å². The Kier molecular flexibility index (Phi) is 8.12. The Hall–Kier alpha value is -3.77. The minimum absolute atomic E-state index is 0.00693. The van der Waals surface area contributed by atoms with E-state index in [4.69, 9.17) is 21.1 Å². The van der Waals surface area contributed by atoms with E-state index in [0.717, 1.165) is 10.1 Å². The zero-order valence-electron chi connectivity index (χ0n) is 20.2. The van der Waals surface area contributed by atoms with E-state index in [-0.39, 0.29) is 49.0 Å². The van der Waals surface area contributed by atoms with Crippen LogP contribution in [-0.2, 0) is 26.6 Å². The second-order valence-electron chi connectivity index (χ2n) is 8.43. The van der Waals surface area contributed by atoms with Crippen LogP contribution in [0, 0.1) is 0 Å². The SMILES string of the molecule is Cn1c(=O)n(CCO)c(=O)c2c1nc(OCCOc1ccc(CC(F)(F)F)cc1)n2Cc1ccc(Cl)cc1. The van der Waals surface area contributed by atoms with Gasteiger partial charge in [-0.05, 0) is 35.4 Å². The molecule has 0 bridgehead atoms. The van der Waals surface area contributed by atoms with Gasteiger partial charge >= 0.3 is 11.9 Å². The van der Waals surface area contributed by atoms with E-state index < -0.39 is 30.5 Å². The van der Waals surface area contributed by atoms with Crippen molar-refractivity contribution in [2.75, 3.05) is 19.8 Å². The zero-order valence-corrected chi connectivity index (χ0v) is 21.0. The average Bonchev–Trinajstić information content (AvgIpc) is 3.23. The molecule has 0 aliphatic rings. The Morgan fingerprint density at radius 3 is 2.21 bits per heavy atom. The van der Waals surface area contributed by atoms with Gasteiger partial charge in [0.25, 0.3) is 11.6 Å². The number of fused-ring (bicyclic) bond motifs is 1. The highest BCUT2D eigenvalue weighted by atomic mass is 35.5. The van der Waals surface area contributed by atoms with Crippen molar-refractivity contribution in [3.8, 4) is 11.8 Å². The van der Waals surface area contributed by atoms with E-state index in [1.54, 1.807) is 24.3 Å². The lowest BCUT2D eigenvalue weighted by molar-refractivity contribution is -0.127. The minimum atomic E-state index is -4.29. The van der Waals surface area contributed by atoms with Crippen molar-refractivity contribution < 1.29 is 27.8 Å². The van der Waals surface area contributed by atoms with Gasteiger partial charge in [-0.3, -0.25) is 18.5 Å². The minimum Gasteiger partial charge on any atom is -0.490 e. The zero-order chi connectivity index (χ0) is 27.4. The van der Waals surface area contributed by atoms with Crippen LogP contribution in [0.3, 0.4) is 0 Å². The molecule has 4 rings (SSSR count). The Balaban J connectivity index is 1.58. The third-order valence-electron chi connectivity index (χ3n) is 5.69. The third kappa shape index (κ3) is 6.20. The van der Waals surface area contributed by atoms with Crippen LogP contribution in [0.1, 0.15) is 11.1 Å². The van der Waals surface area contributed by atoms with Crippen LogP contribution in [0.5, 0.6) is 11.8 Å². The predicted octanol–water partition coefficient (Wildman–Crippen LogP) is 3.15. The van der Waals surface area contributed by atoms with Crippen LogP contribution in [0.25, 0.3) is 11.2 Å². The molecule has 0 spiro atoms. The van der Waals surface area contributed by atoms with Gasteiger partial charge in [-0.1, -0.05) is 35.9 Å². The summed E-state index contributed by atoms with van der Waals surface area (Å²) >= 11 is 5.99. The van der Waals surface area contributed by atoms with Gasteiger partial charge < -0.3 is 14.6 Å². The highest BCUT2D eigenvalue weighted by Gasteiger charge is 2.27. The first-order valence-corrected chi connectivity index (χ1v) is 11.9. The van der Waals surface area contributed by atoms with Gasteiger partial charge in [0, 0.05) is 12.1 Å². The number of aliphatic hydroxyl groups excluding tert-OH is 1. The van der Waals surface area contributed by atoms with Crippen LogP contribution < -0.4 is 20.7 Å². The number of halogens is 4. The molecule has 1 N–H and O–H groups in total. The number of nitrogens with zero attached hydrogens (tertiary/aromatic N) is 4. The van der Waals surface area contributed by atoms with E-state index in [0.29, 0.717) is 10.8 Å². The molecular weight excluding hydrogens is 529 g/mol. The summed E-state index contributed by atoms with van der Waals surface area (Å²) in [5.74, 6) is 0.364. The summed E-state index contributed by atoms with van der Waals surface area (Å²) < 4.78 is 52.7. The van der Waals surface area contributed by atoms with E-state index in [9.17, 15) is 27.9 Å². The Morgan fingerprint density at radius 2 is 1.58 bits per heavy atom. The molecule has 2 heterocycles. The number of aromatic nitrogens is 4. The Labute approximate surface area is 219 Å². The number of imidazole rings is 1. The number of aliphatic hydroxyl groups is 1. The molecule has 9 nitrogen and oxygen atoms in total. The molecule has 13 heteroatoms. The fourth-order valence-corrected chi connectivity index (χ4v) is 4.03. The quantitative estimate of drug-likeness (QED) is 0.303. The highest BCUT2D eigenvalue weighted by Crippen LogP contribution is 2.23. The van der Waals surface area contributed by atoms with E-state index in [1.807, 2.05) is 0 Å². The van der Waals surface area contributed by atoms with Gasteiger partial charge in [0.1, 0.15) is 19.0 Å². The van der Waals surface area contributed by atoms with E-state index >= 15 is 0 Å². The summed E-state index contributed by atoms with van der Waals surface area (Å²) in [5.41, 5.74) is -0.114. The normalized spacial score (nSPS) is 11.7. The summed E-state index contributed by atoms with van der Waals surface area (Å²) in [4.78, 5) is 30.2. The number of ether oxygens (including phenoxy) is 2. The van der Waals surface area contributed by atoms with Crippen LogP contribution in [0.15, 0.2) is 58.1 Å². The largest absolute Gasteiger partial charge is 0.490 e. The van der Waals surface area contributed by atoms with Gasteiger partial charge in [-0.15, -0.1) is 0 Å². The standard InChI is InChI=1S/C25H24ClF3N4O5/c1-31-21-20(22(35)32(10-11-34)24(31)36)33(15-17-2-6-18(26)7-3-17)23(30-21)38-13-12-37-19-8-4-16(5-9-19)14-25(27,28)29/h2-9,34H,10-15H2,1H3. The molecule has 0 unspecified atom stereocenters. The number of hydrogen-bond donors (Lipinski definition) is 1. The van der Waals surface area contributed by atoms with Crippen molar-refractivity contribution in [1.82, 2.24) is 18.7 Å². The molecule has 0 aliphatic heterocycles. The molecule has 0 saturated heterocycles. The van der Waals surface area contributed by atoms with Gasteiger partial charge in [-0.2, -0.15) is 18.2 Å². The molecule has 2 aromatic carbocycles. The summed E-state index contributed by atoms with van der Waals surface area (Å²) in [6.45, 7) is -0.371. The van der Waals surface area contributed by atoms with Crippen molar-refractivity contribution in [2.24, 2.45) is 7.05 Å². The molecule has 4 aromatic rings. The van der Waals surface area contributed by atoms with Crippen LogP contribution in [0.2, 0.25) is 5.02 Å². The number of alkyl halides is 3. The Morgan fingerprint density at radius 1 is 0.947 bits per heavy atom. The summed E-state index contributed by atoms with van der Waals surface area (Å²) in [6.07, 6.45) is -5.32. The van der Waals surface area contributed by atoms with Crippen LogP contribution >= 0.6 is 11.6 Å². The molecule has 2 aromatic heterocycles. The van der Waals surface area contributed by atoms with Crippen LogP contribution in [0.4, 0.5) is 13.2 Å². The summed E-state index contributed by atoms with van der Waals surface area (Å²) in [6, 6.07) is 12.6. The maximum Gasteiger partial charge on any atom is 0.393 e. The maximum absolute atomic E-state index is 13.2. The topological polar surface area (TPSA) is 101 Å². The van der Waals surface area contributed by atoms with E-state index in [2.05, 4.69) is 4.98 Å². The molecule has 202 valence electrons. The average molecular weight is 553 g/mol. The predicted molar refractivity (Wildman–Crippen MR) is 134 cm³/mol. The second-order valence-corrected chi connectivity index (χ2v) is 8.87. The molecule has 0 aliphatic carbocycles. The van der Waals surface area contributed by atoms with Gasteiger partial charge in [0.15, 0.2) is 11.2 Å². The smallest absolute Gasteiger partial charge is 0.393 e. The number of aryl methyl sites for hydroxylation is 1. The lowest BCUT2D eigenvalue weighted by Crippen LogP contribution is -2.40. The fourth-order valence-electron chi connectivity index (χ4n) is 3.91. The third-order valence-corrected chi connectivity index (χ3v) is 5.94. The first-order chi connectivity index (χ1) is 18.1. The first-order valence-electron chi connectivity index (χ1n) is 11.5. The number of hydrogen-bond acceptors (Lipinski definition) is 6. The van der Waals surface area contributed by atoms with E-state index in [1.165, 1.54) is 40.4 Å². The molecule has 0 atom stereocenters. The molecule has 0 fully saturated rings.